The van der Waals surface area contributed by atoms with Crippen LogP contribution in [0.2, 0.25) is 0 Å². The number of piperazine rings is 1. The Hall–Kier alpha value is -2.92. The molecule has 0 unspecified atom stereocenters. The maximum Gasteiger partial charge on any atom is 0.252 e. The van der Waals surface area contributed by atoms with E-state index in [0.717, 1.165) is 38.5 Å². The van der Waals surface area contributed by atoms with Crippen molar-refractivity contribution in [1.29, 1.82) is 0 Å². The fraction of sp³-hybridized carbons (Fsp3) is 0.238. The number of H-pyrrole nitrogens is 1. The van der Waals surface area contributed by atoms with Crippen LogP contribution in [0.4, 0.5) is 5.82 Å². The molecule has 5 nitrogen and oxygen atoms in total. The minimum Gasteiger partial charge on any atom is -0.354 e. The van der Waals surface area contributed by atoms with Gasteiger partial charge in [0.2, 0.25) is 0 Å². The molecule has 1 aliphatic heterocycles. The van der Waals surface area contributed by atoms with Crippen LogP contribution in [0, 0.1) is 0 Å². The third kappa shape index (κ3) is 3.68. The zero-order valence-corrected chi connectivity index (χ0v) is 14.6. The molecule has 1 aliphatic rings. The molecule has 4 rings (SSSR count). The van der Waals surface area contributed by atoms with Gasteiger partial charge in [0.05, 0.1) is 6.33 Å². The first-order valence-electron chi connectivity index (χ1n) is 8.95. The predicted octanol–water partition coefficient (Wildman–Crippen LogP) is 2.76. The lowest BCUT2D eigenvalue weighted by Crippen LogP contribution is -2.46. The van der Waals surface area contributed by atoms with Crippen molar-refractivity contribution in [1.82, 2.24) is 14.9 Å². The number of nitrogens with zero attached hydrogens (tertiary/aromatic N) is 3. The predicted molar refractivity (Wildman–Crippen MR) is 104 cm³/mol. The number of anilines is 1. The van der Waals surface area contributed by atoms with Crippen LogP contribution >= 0.6 is 0 Å². The molecular formula is C21H22N4O. The summed E-state index contributed by atoms with van der Waals surface area (Å²) in [6.07, 6.45) is 1.47. The summed E-state index contributed by atoms with van der Waals surface area (Å²) in [6.45, 7) is 4.60. The van der Waals surface area contributed by atoms with E-state index < -0.39 is 0 Å². The molecule has 0 spiro atoms. The van der Waals surface area contributed by atoms with E-state index in [-0.39, 0.29) is 5.56 Å². The van der Waals surface area contributed by atoms with Crippen LogP contribution in [-0.4, -0.2) is 41.0 Å². The molecule has 2 aromatic carbocycles. The van der Waals surface area contributed by atoms with Gasteiger partial charge in [-0.3, -0.25) is 9.69 Å². The second-order valence-electron chi connectivity index (χ2n) is 6.56. The molecule has 26 heavy (non-hydrogen) atoms. The highest BCUT2D eigenvalue weighted by molar-refractivity contribution is 5.67. The molecule has 1 saturated heterocycles. The Morgan fingerprint density at radius 2 is 1.65 bits per heavy atom. The van der Waals surface area contributed by atoms with Crippen LogP contribution in [0.5, 0.6) is 0 Å². The Labute approximate surface area is 152 Å². The zero-order chi connectivity index (χ0) is 17.8. The first-order valence-corrected chi connectivity index (χ1v) is 8.95. The Morgan fingerprint density at radius 1 is 0.923 bits per heavy atom. The summed E-state index contributed by atoms with van der Waals surface area (Å²) in [7, 11) is 0. The van der Waals surface area contributed by atoms with E-state index in [1.54, 1.807) is 6.07 Å². The molecule has 2 heterocycles. The molecule has 0 amide bonds. The second-order valence-corrected chi connectivity index (χ2v) is 6.56. The van der Waals surface area contributed by atoms with Crippen molar-refractivity contribution in [3.63, 3.8) is 0 Å². The van der Waals surface area contributed by atoms with Crippen molar-refractivity contribution in [2.45, 2.75) is 6.54 Å². The summed E-state index contributed by atoms with van der Waals surface area (Å²) < 4.78 is 0. The maximum atomic E-state index is 11.5. The highest BCUT2D eigenvalue weighted by atomic mass is 16.1. The average molecular weight is 346 g/mol. The van der Waals surface area contributed by atoms with Gasteiger partial charge in [-0.15, -0.1) is 0 Å². The molecule has 5 heteroatoms. The quantitative estimate of drug-likeness (QED) is 0.789. The highest BCUT2D eigenvalue weighted by Crippen LogP contribution is 2.25. The van der Waals surface area contributed by atoms with Gasteiger partial charge < -0.3 is 9.88 Å². The number of benzene rings is 2. The van der Waals surface area contributed by atoms with Crippen LogP contribution in [0.15, 0.2) is 71.8 Å². The van der Waals surface area contributed by atoms with Gasteiger partial charge in [-0.25, -0.2) is 4.98 Å². The number of aromatic nitrogens is 2. The monoisotopic (exact) mass is 346 g/mol. The minimum absolute atomic E-state index is 0.103. The van der Waals surface area contributed by atoms with Gasteiger partial charge in [-0.05, 0) is 16.7 Å². The van der Waals surface area contributed by atoms with Crippen LogP contribution in [0.3, 0.4) is 0 Å². The van der Waals surface area contributed by atoms with E-state index in [1.807, 2.05) is 6.07 Å². The molecule has 0 aliphatic carbocycles. The van der Waals surface area contributed by atoms with Crippen molar-refractivity contribution in [3.05, 3.63) is 82.9 Å². The van der Waals surface area contributed by atoms with Crippen molar-refractivity contribution in [2.24, 2.45) is 0 Å². The lowest BCUT2D eigenvalue weighted by atomic mass is 9.99. The van der Waals surface area contributed by atoms with E-state index in [2.05, 4.69) is 68.3 Å². The van der Waals surface area contributed by atoms with Crippen molar-refractivity contribution in [2.75, 3.05) is 31.1 Å². The van der Waals surface area contributed by atoms with Gasteiger partial charge in [-0.1, -0.05) is 54.6 Å². The van der Waals surface area contributed by atoms with Gasteiger partial charge >= 0.3 is 0 Å². The molecule has 3 aromatic rings. The molecule has 132 valence electrons. The summed E-state index contributed by atoms with van der Waals surface area (Å²) in [6, 6.07) is 20.7. The zero-order valence-electron chi connectivity index (χ0n) is 14.6. The van der Waals surface area contributed by atoms with Crippen LogP contribution in [-0.2, 0) is 6.54 Å². The number of rotatable bonds is 4. The summed E-state index contributed by atoms with van der Waals surface area (Å²) >= 11 is 0. The normalized spacial score (nSPS) is 15.2. The molecule has 1 aromatic heterocycles. The number of aromatic amines is 1. The molecule has 0 bridgehead atoms. The topological polar surface area (TPSA) is 52.2 Å². The van der Waals surface area contributed by atoms with Gasteiger partial charge in [0.25, 0.3) is 5.56 Å². The largest absolute Gasteiger partial charge is 0.354 e. The Bertz CT molecular complexity index is 914. The SMILES string of the molecule is O=c1cc(N2CCN(Cc3ccccc3-c3ccccc3)CC2)nc[nH]1. The molecule has 0 atom stereocenters. The van der Waals surface area contributed by atoms with Gasteiger partial charge in [-0.2, -0.15) is 0 Å². The summed E-state index contributed by atoms with van der Waals surface area (Å²) in [5.41, 5.74) is 3.80. The molecule has 0 saturated carbocycles. The molecular weight excluding hydrogens is 324 g/mol. The standard InChI is InChI=1S/C21H22N4O/c26-21-14-20(22-16-23-21)25-12-10-24(11-13-25)15-18-8-4-5-9-19(18)17-6-2-1-3-7-17/h1-9,14,16H,10-13,15H2,(H,22,23,26). The summed E-state index contributed by atoms with van der Waals surface area (Å²) in [5.74, 6) is 0.762. The highest BCUT2D eigenvalue weighted by Gasteiger charge is 2.19. The first-order chi connectivity index (χ1) is 12.8. The fourth-order valence-corrected chi connectivity index (χ4v) is 3.46. The number of nitrogens with one attached hydrogen (secondary N) is 1. The van der Waals surface area contributed by atoms with Gasteiger partial charge in [0.15, 0.2) is 0 Å². The second kappa shape index (κ2) is 7.54. The lowest BCUT2D eigenvalue weighted by Gasteiger charge is -2.35. The molecule has 1 N–H and O–H groups in total. The van der Waals surface area contributed by atoms with E-state index >= 15 is 0 Å². The minimum atomic E-state index is -0.103. The Morgan fingerprint density at radius 3 is 2.42 bits per heavy atom. The van der Waals surface area contributed by atoms with Crippen LogP contribution in [0.25, 0.3) is 11.1 Å². The van der Waals surface area contributed by atoms with Crippen molar-refractivity contribution >= 4 is 5.82 Å². The van der Waals surface area contributed by atoms with E-state index in [0.29, 0.717) is 0 Å². The third-order valence-corrected chi connectivity index (χ3v) is 4.86. The van der Waals surface area contributed by atoms with Gasteiger partial charge in [0, 0.05) is 38.8 Å². The van der Waals surface area contributed by atoms with Crippen molar-refractivity contribution in [3.8, 4) is 11.1 Å². The van der Waals surface area contributed by atoms with Gasteiger partial charge in [0.1, 0.15) is 5.82 Å². The van der Waals surface area contributed by atoms with Crippen LogP contribution < -0.4 is 10.5 Å². The Kier molecular flexibility index (Phi) is 4.80. The fourth-order valence-electron chi connectivity index (χ4n) is 3.46. The van der Waals surface area contributed by atoms with E-state index in [1.165, 1.54) is 23.0 Å². The third-order valence-electron chi connectivity index (χ3n) is 4.86. The summed E-state index contributed by atoms with van der Waals surface area (Å²) in [4.78, 5) is 23.0. The van der Waals surface area contributed by atoms with E-state index in [4.69, 9.17) is 0 Å². The molecule has 0 radical (unpaired) electrons. The smallest absolute Gasteiger partial charge is 0.252 e. The maximum absolute atomic E-state index is 11.5. The number of hydrogen-bond donors (Lipinski definition) is 1. The summed E-state index contributed by atoms with van der Waals surface area (Å²) in [5, 5.41) is 0. The first kappa shape index (κ1) is 16.5. The van der Waals surface area contributed by atoms with E-state index in [9.17, 15) is 4.79 Å². The Balaban J connectivity index is 1.45. The average Bonchev–Trinajstić information content (AvgIpc) is 2.70. The number of hydrogen-bond acceptors (Lipinski definition) is 4. The molecule has 1 fully saturated rings. The van der Waals surface area contributed by atoms with Crippen LogP contribution in [0.1, 0.15) is 5.56 Å². The van der Waals surface area contributed by atoms with Crippen molar-refractivity contribution < 1.29 is 0 Å². The lowest BCUT2D eigenvalue weighted by molar-refractivity contribution is 0.249.